The van der Waals surface area contributed by atoms with Crippen molar-refractivity contribution in [3.8, 4) is 0 Å². The first-order valence-corrected chi connectivity index (χ1v) is 5.84. The largest absolute Gasteiger partial charge is 0.481 e. The lowest BCUT2D eigenvalue weighted by atomic mass is 9.98. The number of aliphatic carboxylic acids is 1. The molecule has 0 radical (unpaired) electrons. The summed E-state index contributed by atoms with van der Waals surface area (Å²) in [6.07, 6.45) is 0.318. The number of carboxylic acid groups (broad SMARTS) is 1. The number of aromatic nitrogens is 3. The highest BCUT2D eigenvalue weighted by Gasteiger charge is 2.46. The third-order valence-corrected chi connectivity index (χ3v) is 2.45. The Morgan fingerprint density at radius 1 is 1.53 bits per heavy atom. The summed E-state index contributed by atoms with van der Waals surface area (Å²) in [6.45, 7) is 5.12. The summed E-state index contributed by atoms with van der Waals surface area (Å²) < 4.78 is 6.02. The monoisotopic (exact) mass is 271 g/mol. The first kappa shape index (κ1) is 15.1. The minimum atomic E-state index is -2.34. The van der Waals surface area contributed by atoms with E-state index in [1.807, 2.05) is 0 Å². The molecule has 8 nitrogen and oxygen atoms in total. The van der Waals surface area contributed by atoms with Crippen LogP contribution in [0.2, 0.25) is 0 Å². The van der Waals surface area contributed by atoms with Gasteiger partial charge in [0.2, 0.25) is 5.60 Å². The third kappa shape index (κ3) is 3.08. The van der Waals surface area contributed by atoms with Gasteiger partial charge >= 0.3 is 11.9 Å². The molecule has 106 valence electrons. The van der Waals surface area contributed by atoms with Gasteiger partial charge < -0.3 is 14.9 Å². The van der Waals surface area contributed by atoms with E-state index in [9.17, 15) is 14.7 Å². The van der Waals surface area contributed by atoms with Crippen LogP contribution in [0.25, 0.3) is 0 Å². The van der Waals surface area contributed by atoms with Crippen LogP contribution in [0.15, 0.2) is 6.33 Å². The van der Waals surface area contributed by atoms with Gasteiger partial charge in [0.05, 0.1) is 13.0 Å². The molecule has 0 bridgehead atoms. The van der Waals surface area contributed by atoms with Crippen molar-refractivity contribution in [2.24, 2.45) is 0 Å². The molecular formula is C11H17N3O5. The van der Waals surface area contributed by atoms with E-state index in [0.717, 1.165) is 6.33 Å². The van der Waals surface area contributed by atoms with Gasteiger partial charge in [-0.05, 0) is 20.8 Å². The Kier molecular flexibility index (Phi) is 4.60. The molecule has 0 aliphatic heterocycles. The molecule has 8 heteroatoms. The average Bonchev–Trinajstić information content (AvgIpc) is 2.77. The van der Waals surface area contributed by atoms with Gasteiger partial charge in [-0.1, -0.05) is 0 Å². The molecule has 1 aromatic heterocycles. The van der Waals surface area contributed by atoms with Crippen LogP contribution < -0.4 is 0 Å². The van der Waals surface area contributed by atoms with Crippen LogP contribution in [0.1, 0.15) is 39.1 Å². The molecule has 0 saturated carbocycles. The zero-order chi connectivity index (χ0) is 14.6. The van der Waals surface area contributed by atoms with Gasteiger partial charge in [-0.25, -0.2) is 14.5 Å². The molecule has 1 heterocycles. The van der Waals surface area contributed by atoms with Crippen LogP contribution in [-0.2, 0) is 19.9 Å². The Balaban J connectivity index is 3.26. The SMILES string of the molecule is CCOC(=O)C(O)(CC(=O)O)c1ncnn1C(C)C. The third-order valence-electron chi connectivity index (χ3n) is 2.45. The highest BCUT2D eigenvalue weighted by atomic mass is 16.5. The van der Waals surface area contributed by atoms with Crippen molar-refractivity contribution in [1.29, 1.82) is 0 Å². The first-order valence-electron chi connectivity index (χ1n) is 5.84. The number of hydrogen-bond acceptors (Lipinski definition) is 6. The molecule has 0 saturated heterocycles. The summed E-state index contributed by atoms with van der Waals surface area (Å²) in [5, 5.41) is 23.1. The summed E-state index contributed by atoms with van der Waals surface area (Å²) in [5.74, 6) is -2.52. The Morgan fingerprint density at radius 2 is 2.16 bits per heavy atom. The van der Waals surface area contributed by atoms with Gasteiger partial charge in [-0.3, -0.25) is 4.79 Å². The quantitative estimate of drug-likeness (QED) is 0.704. The smallest absolute Gasteiger partial charge is 0.346 e. The average molecular weight is 271 g/mol. The van der Waals surface area contributed by atoms with Crippen LogP contribution in [0, 0.1) is 0 Å². The highest BCUT2D eigenvalue weighted by molar-refractivity contribution is 5.85. The zero-order valence-electron chi connectivity index (χ0n) is 11.0. The number of carbonyl (C=O) groups is 2. The molecule has 1 aromatic rings. The molecule has 0 amide bonds. The van der Waals surface area contributed by atoms with Crippen molar-refractivity contribution in [1.82, 2.24) is 14.8 Å². The molecule has 0 fully saturated rings. The molecule has 0 spiro atoms. The van der Waals surface area contributed by atoms with Crippen LogP contribution in [0.3, 0.4) is 0 Å². The summed E-state index contributed by atoms with van der Waals surface area (Å²) >= 11 is 0. The van der Waals surface area contributed by atoms with E-state index in [0.29, 0.717) is 0 Å². The first-order chi connectivity index (χ1) is 8.82. The number of ether oxygens (including phenoxy) is 1. The summed E-state index contributed by atoms with van der Waals surface area (Å²) in [6, 6.07) is -0.188. The number of aliphatic hydroxyl groups is 1. The van der Waals surface area contributed by atoms with Crippen LogP contribution >= 0.6 is 0 Å². The van der Waals surface area contributed by atoms with Crippen LogP contribution in [0.5, 0.6) is 0 Å². The maximum absolute atomic E-state index is 11.9. The van der Waals surface area contributed by atoms with E-state index in [-0.39, 0.29) is 18.5 Å². The number of esters is 1. The van der Waals surface area contributed by atoms with Gasteiger partial charge in [0.15, 0.2) is 5.82 Å². The van der Waals surface area contributed by atoms with Crippen molar-refractivity contribution in [2.75, 3.05) is 6.61 Å². The predicted octanol–water partition coefficient (Wildman–Crippen LogP) is 0.0844. The Hall–Kier alpha value is -1.96. The topological polar surface area (TPSA) is 115 Å². The fourth-order valence-corrected chi connectivity index (χ4v) is 1.64. The normalized spacial score (nSPS) is 14.2. The molecule has 0 aliphatic carbocycles. The van der Waals surface area contributed by atoms with E-state index < -0.39 is 24.0 Å². The van der Waals surface area contributed by atoms with Crippen LogP contribution in [0.4, 0.5) is 0 Å². The lowest BCUT2D eigenvalue weighted by molar-refractivity contribution is -0.173. The van der Waals surface area contributed by atoms with E-state index in [1.165, 1.54) is 4.68 Å². The van der Waals surface area contributed by atoms with Crippen molar-refractivity contribution < 1.29 is 24.5 Å². The van der Waals surface area contributed by atoms with Crippen molar-refractivity contribution in [3.05, 3.63) is 12.2 Å². The van der Waals surface area contributed by atoms with Gasteiger partial charge in [-0.15, -0.1) is 0 Å². The Labute approximate surface area is 110 Å². The van der Waals surface area contributed by atoms with Gasteiger partial charge in [0, 0.05) is 6.04 Å². The second-order valence-electron chi connectivity index (χ2n) is 4.27. The molecule has 1 unspecified atom stereocenters. The molecule has 19 heavy (non-hydrogen) atoms. The fraction of sp³-hybridized carbons (Fsp3) is 0.636. The van der Waals surface area contributed by atoms with Crippen molar-refractivity contribution >= 4 is 11.9 Å². The van der Waals surface area contributed by atoms with E-state index in [2.05, 4.69) is 10.1 Å². The summed E-state index contributed by atoms with van der Waals surface area (Å²) in [7, 11) is 0. The lowest BCUT2D eigenvalue weighted by Gasteiger charge is -2.24. The molecular weight excluding hydrogens is 254 g/mol. The standard InChI is InChI=1S/C11H17N3O5/c1-4-19-10(17)11(18,5-8(15)16)9-12-6-13-14(9)7(2)3/h6-7,18H,4-5H2,1-3H3,(H,15,16). The summed E-state index contributed by atoms with van der Waals surface area (Å²) in [5.41, 5.74) is -2.34. The minimum Gasteiger partial charge on any atom is -0.481 e. The zero-order valence-corrected chi connectivity index (χ0v) is 11.0. The molecule has 0 aromatic carbocycles. The molecule has 1 atom stereocenters. The predicted molar refractivity (Wildman–Crippen MR) is 63.2 cm³/mol. The van der Waals surface area contributed by atoms with E-state index >= 15 is 0 Å². The van der Waals surface area contributed by atoms with Gasteiger partial charge in [0.25, 0.3) is 0 Å². The Bertz CT molecular complexity index is 471. The van der Waals surface area contributed by atoms with Crippen molar-refractivity contribution in [2.45, 2.75) is 38.8 Å². The molecule has 2 N–H and O–H groups in total. The number of rotatable bonds is 6. The second kappa shape index (κ2) is 5.79. The second-order valence-corrected chi connectivity index (χ2v) is 4.27. The molecule has 1 rings (SSSR count). The van der Waals surface area contributed by atoms with Crippen LogP contribution in [-0.4, -0.2) is 43.5 Å². The maximum Gasteiger partial charge on any atom is 0.346 e. The lowest BCUT2D eigenvalue weighted by Crippen LogP contribution is -2.42. The highest BCUT2D eigenvalue weighted by Crippen LogP contribution is 2.26. The number of carbonyl (C=O) groups excluding carboxylic acids is 1. The number of carboxylic acids is 1. The van der Waals surface area contributed by atoms with E-state index in [4.69, 9.17) is 9.84 Å². The fourth-order valence-electron chi connectivity index (χ4n) is 1.64. The maximum atomic E-state index is 11.9. The van der Waals surface area contributed by atoms with Gasteiger partial charge in [0.1, 0.15) is 6.33 Å². The number of nitrogens with zero attached hydrogens (tertiary/aromatic N) is 3. The summed E-state index contributed by atoms with van der Waals surface area (Å²) in [4.78, 5) is 26.5. The Morgan fingerprint density at radius 3 is 2.63 bits per heavy atom. The van der Waals surface area contributed by atoms with Crippen molar-refractivity contribution in [3.63, 3.8) is 0 Å². The number of hydrogen-bond donors (Lipinski definition) is 2. The van der Waals surface area contributed by atoms with Gasteiger partial charge in [-0.2, -0.15) is 5.10 Å². The van der Waals surface area contributed by atoms with E-state index in [1.54, 1.807) is 20.8 Å². The molecule has 0 aliphatic rings. The minimum absolute atomic E-state index is 0.0244.